The quantitative estimate of drug-likeness (QED) is 0.801. The summed E-state index contributed by atoms with van der Waals surface area (Å²) >= 11 is 0. The molecule has 114 valence electrons. The molecule has 0 radical (unpaired) electrons. The first-order valence-corrected chi connectivity index (χ1v) is 7.46. The second kappa shape index (κ2) is 5.71. The topological polar surface area (TPSA) is 68.0 Å². The van der Waals surface area contributed by atoms with Gasteiger partial charge in [0.05, 0.1) is 11.7 Å². The van der Waals surface area contributed by atoms with Gasteiger partial charge in [0.2, 0.25) is 5.78 Å². The van der Waals surface area contributed by atoms with Crippen molar-refractivity contribution < 1.29 is 0 Å². The van der Waals surface area contributed by atoms with E-state index in [0.29, 0.717) is 5.78 Å². The average Bonchev–Trinajstić information content (AvgIpc) is 2.93. The molecule has 6 nitrogen and oxygen atoms in total. The number of fused-ring (bicyclic) bond motifs is 1. The predicted molar refractivity (Wildman–Crippen MR) is 85.9 cm³/mol. The molecule has 0 aliphatic carbocycles. The number of aryl methyl sites for hydroxylation is 2. The number of nitrogens with one attached hydrogen (secondary N) is 1. The summed E-state index contributed by atoms with van der Waals surface area (Å²) in [6.45, 7) is 8.08. The maximum absolute atomic E-state index is 4.60. The van der Waals surface area contributed by atoms with E-state index in [9.17, 15) is 0 Å². The molecule has 0 aliphatic rings. The van der Waals surface area contributed by atoms with Gasteiger partial charge in [-0.1, -0.05) is 6.92 Å². The van der Waals surface area contributed by atoms with E-state index in [1.807, 2.05) is 43.6 Å². The Morgan fingerprint density at radius 1 is 1.18 bits per heavy atom. The van der Waals surface area contributed by atoms with Crippen LogP contribution in [0, 0.1) is 20.8 Å². The SMILES string of the molecule is CC[C@H](Nc1nc(C)nc(C)c1C)c1cn2cccnc2n1. The Morgan fingerprint density at radius 3 is 2.73 bits per heavy atom. The van der Waals surface area contributed by atoms with Crippen LogP contribution in [0.15, 0.2) is 24.7 Å². The minimum atomic E-state index is 0.0918. The highest BCUT2D eigenvalue weighted by Gasteiger charge is 2.16. The molecule has 22 heavy (non-hydrogen) atoms. The highest BCUT2D eigenvalue weighted by Crippen LogP contribution is 2.24. The van der Waals surface area contributed by atoms with Crippen LogP contribution >= 0.6 is 0 Å². The third-order valence-electron chi connectivity index (χ3n) is 3.83. The molecule has 3 aromatic rings. The molecule has 0 saturated heterocycles. The molecular weight excluding hydrogens is 276 g/mol. The fourth-order valence-electron chi connectivity index (χ4n) is 2.48. The largest absolute Gasteiger partial charge is 0.361 e. The zero-order valence-corrected chi connectivity index (χ0v) is 13.3. The van der Waals surface area contributed by atoms with Crippen molar-refractivity contribution in [3.63, 3.8) is 0 Å². The van der Waals surface area contributed by atoms with Crippen molar-refractivity contribution in [2.24, 2.45) is 0 Å². The van der Waals surface area contributed by atoms with Crippen LogP contribution in [0.4, 0.5) is 5.82 Å². The predicted octanol–water partition coefficient (Wildman–Crippen LogP) is 3.01. The minimum Gasteiger partial charge on any atom is -0.361 e. The molecule has 0 unspecified atom stereocenters. The summed E-state index contributed by atoms with van der Waals surface area (Å²) in [5.41, 5.74) is 3.04. The number of imidazole rings is 1. The van der Waals surface area contributed by atoms with Gasteiger partial charge in [0.25, 0.3) is 0 Å². The lowest BCUT2D eigenvalue weighted by molar-refractivity contribution is 0.721. The lowest BCUT2D eigenvalue weighted by atomic mass is 10.1. The normalized spacial score (nSPS) is 12.5. The molecule has 1 atom stereocenters. The second-order valence-electron chi connectivity index (χ2n) is 5.43. The summed E-state index contributed by atoms with van der Waals surface area (Å²) in [5.74, 6) is 2.36. The van der Waals surface area contributed by atoms with E-state index < -0.39 is 0 Å². The van der Waals surface area contributed by atoms with E-state index >= 15 is 0 Å². The Bertz CT molecular complexity index is 775. The van der Waals surface area contributed by atoms with E-state index in [1.165, 1.54) is 0 Å². The van der Waals surface area contributed by atoms with Gasteiger partial charge < -0.3 is 5.32 Å². The second-order valence-corrected chi connectivity index (χ2v) is 5.43. The molecule has 0 saturated carbocycles. The van der Waals surface area contributed by atoms with Crippen molar-refractivity contribution >= 4 is 11.6 Å². The van der Waals surface area contributed by atoms with Gasteiger partial charge in [0.1, 0.15) is 11.6 Å². The molecule has 0 aliphatic heterocycles. The highest BCUT2D eigenvalue weighted by molar-refractivity contribution is 5.47. The smallest absolute Gasteiger partial charge is 0.233 e. The number of nitrogens with zero attached hydrogens (tertiary/aromatic N) is 5. The van der Waals surface area contributed by atoms with Gasteiger partial charge in [-0.05, 0) is 33.3 Å². The highest BCUT2D eigenvalue weighted by atomic mass is 15.1. The summed E-state index contributed by atoms with van der Waals surface area (Å²) in [7, 11) is 0. The van der Waals surface area contributed by atoms with Crippen LogP contribution in [0.25, 0.3) is 5.78 Å². The van der Waals surface area contributed by atoms with E-state index in [2.05, 4.69) is 32.2 Å². The van der Waals surface area contributed by atoms with E-state index in [1.54, 1.807) is 6.20 Å². The number of anilines is 1. The Morgan fingerprint density at radius 2 is 2.00 bits per heavy atom. The molecular formula is C16H20N6. The van der Waals surface area contributed by atoms with Crippen molar-refractivity contribution in [3.05, 3.63) is 47.4 Å². The Hall–Kier alpha value is -2.50. The summed E-state index contributed by atoms with van der Waals surface area (Å²) in [6.07, 6.45) is 6.63. The fourth-order valence-corrected chi connectivity index (χ4v) is 2.48. The molecule has 0 spiro atoms. The number of rotatable bonds is 4. The number of hydrogen-bond donors (Lipinski definition) is 1. The first-order valence-electron chi connectivity index (χ1n) is 7.46. The molecule has 3 aromatic heterocycles. The molecule has 0 bridgehead atoms. The molecule has 3 heterocycles. The number of aromatic nitrogens is 5. The van der Waals surface area contributed by atoms with Crippen LogP contribution in [0.5, 0.6) is 0 Å². The van der Waals surface area contributed by atoms with Gasteiger partial charge in [-0.15, -0.1) is 0 Å². The molecule has 0 aromatic carbocycles. The molecule has 6 heteroatoms. The first kappa shape index (κ1) is 14.4. The van der Waals surface area contributed by atoms with Crippen LogP contribution in [0.3, 0.4) is 0 Å². The lowest BCUT2D eigenvalue weighted by Gasteiger charge is -2.18. The third kappa shape index (κ3) is 2.64. The zero-order chi connectivity index (χ0) is 15.7. The first-order chi connectivity index (χ1) is 10.6. The molecule has 0 amide bonds. The maximum Gasteiger partial charge on any atom is 0.233 e. The van der Waals surface area contributed by atoms with E-state index in [-0.39, 0.29) is 6.04 Å². The van der Waals surface area contributed by atoms with Crippen LogP contribution in [0.1, 0.15) is 42.2 Å². The monoisotopic (exact) mass is 296 g/mol. The van der Waals surface area contributed by atoms with E-state index in [0.717, 1.165) is 35.0 Å². The van der Waals surface area contributed by atoms with Gasteiger partial charge in [-0.25, -0.2) is 19.9 Å². The van der Waals surface area contributed by atoms with E-state index in [4.69, 9.17) is 0 Å². The minimum absolute atomic E-state index is 0.0918. The van der Waals surface area contributed by atoms with Crippen LogP contribution in [-0.4, -0.2) is 24.3 Å². The summed E-state index contributed by atoms with van der Waals surface area (Å²) < 4.78 is 1.93. The Balaban J connectivity index is 1.95. The van der Waals surface area contributed by atoms with Crippen LogP contribution < -0.4 is 5.32 Å². The van der Waals surface area contributed by atoms with Crippen molar-refractivity contribution in [3.8, 4) is 0 Å². The Kier molecular flexibility index (Phi) is 3.75. The summed E-state index contributed by atoms with van der Waals surface area (Å²) in [4.78, 5) is 17.8. The van der Waals surface area contributed by atoms with Gasteiger partial charge >= 0.3 is 0 Å². The Labute approximate surface area is 129 Å². The average molecular weight is 296 g/mol. The standard InChI is InChI=1S/C16H20N6/c1-5-13(14-9-22-8-6-7-17-16(22)21-14)20-15-10(2)11(3)18-12(4)19-15/h6-9,13H,5H2,1-4H3,(H,18,19,20)/t13-/m0/s1. The van der Waals surface area contributed by atoms with Crippen molar-refractivity contribution in [1.29, 1.82) is 0 Å². The maximum atomic E-state index is 4.60. The molecule has 1 N–H and O–H groups in total. The third-order valence-corrected chi connectivity index (χ3v) is 3.83. The molecule has 0 fully saturated rings. The zero-order valence-electron chi connectivity index (χ0n) is 13.3. The summed E-state index contributed by atoms with van der Waals surface area (Å²) in [6, 6.07) is 1.99. The van der Waals surface area contributed by atoms with Crippen LogP contribution in [0.2, 0.25) is 0 Å². The van der Waals surface area contributed by atoms with Gasteiger partial charge in [0.15, 0.2) is 0 Å². The van der Waals surface area contributed by atoms with Gasteiger partial charge in [-0.3, -0.25) is 4.40 Å². The fraction of sp³-hybridized carbons (Fsp3) is 0.375. The van der Waals surface area contributed by atoms with Crippen molar-refractivity contribution in [1.82, 2.24) is 24.3 Å². The van der Waals surface area contributed by atoms with Crippen molar-refractivity contribution in [2.45, 2.75) is 40.2 Å². The summed E-state index contributed by atoms with van der Waals surface area (Å²) in [5, 5.41) is 3.50. The molecule has 3 rings (SSSR count). The lowest BCUT2D eigenvalue weighted by Crippen LogP contribution is -2.14. The van der Waals surface area contributed by atoms with Crippen molar-refractivity contribution in [2.75, 3.05) is 5.32 Å². The number of hydrogen-bond acceptors (Lipinski definition) is 5. The van der Waals surface area contributed by atoms with Gasteiger partial charge in [-0.2, -0.15) is 0 Å². The van der Waals surface area contributed by atoms with Gasteiger partial charge in [0, 0.05) is 29.8 Å². The van der Waals surface area contributed by atoms with Crippen LogP contribution in [-0.2, 0) is 0 Å².